The fraction of sp³-hybridized carbons (Fsp3) is 0.381. The Hall–Kier alpha value is -2.13. The van der Waals surface area contributed by atoms with E-state index in [-0.39, 0.29) is 5.78 Å². The Kier molecular flexibility index (Phi) is 4.11. The van der Waals surface area contributed by atoms with E-state index in [2.05, 4.69) is 46.8 Å². The van der Waals surface area contributed by atoms with Crippen molar-refractivity contribution in [3.63, 3.8) is 0 Å². The molecular formula is C21H24N2O. The molecule has 0 unspecified atom stereocenters. The summed E-state index contributed by atoms with van der Waals surface area (Å²) >= 11 is 0. The SMILES string of the molecule is CN1CCc2c3c(n(CCCc4ccccc4)c2C1)C=CC(=O)C3. The van der Waals surface area contributed by atoms with E-state index in [9.17, 15) is 4.79 Å². The van der Waals surface area contributed by atoms with Crippen molar-refractivity contribution >= 4 is 11.9 Å². The van der Waals surface area contributed by atoms with Gasteiger partial charge in [-0.25, -0.2) is 0 Å². The number of aromatic nitrogens is 1. The molecule has 0 spiro atoms. The molecular weight excluding hydrogens is 296 g/mol. The van der Waals surface area contributed by atoms with Gasteiger partial charge in [-0.15, -0.1) is 0 Å². The monoisotopic (exact) mass is 320 g/mol. The Bertz CT molecular complexity index is 786. The molecule has 4 rings (SSSR count). The second-order valence-electron chi connectivity index (χ2n) is 6.99. The largest absolute Gasteiger partial charge is 0.343 e. The highest BCUT2D eigenvalue weighted by molar-refractivity contribution is 5.98. The van der Waals surface area contributed by atoms with E-state index >= 15 is 0 Å². The molecule has 2 aliphatic rings. The average Bonchev–Trinajstić information content (AvgIpc) is 2.88. The Balaban J connectivity index is 1.60. The average molecular weight is 320 g/mol. The molecule has 1 aliphatic heterocycles. The number of fused-ring (bicyclic) bond motifs is 3. The summed E-state index contributed by atoms with van der Waals surface area (Å²) in [7, 11) is 2.18. The van der Waals surface area contributed by atoms with Crippen molar-refractivity contribution < 1.29 is 4.79 Å². The van der Waals surface area contributed by atoms with Gasteiger partial charge in [-0.1, -0.05) is 30.3 Å². The van der Waals surface area contributed by atoms with Gasteiger partial charge in [0, 0.05) is 37.4 Å². The van der Waals surface area contributed by atoms with Crippen molar-refractivity contribution in [2.45, 2.75) is 38.8 Å². The van der Waals surface area contributed by atoms with E-state index in [1.165, 1.54) is 28.1 Å². The molecule has 3 nitrogen and oxygen atoms in total. The molecule has 0 saturated heterocycles. The van der Waals surface area contributed by atoms with Crippen molar-refractivity contribution in [1.82, 2.24) is 9.47 Å². The molecule has 2 heterocycles. The van der Waals surface area contributed by atoms with Gasteiger partial charge < -0.3 is 9.47 Å². The third kappa shape index (κ3) is 2.84. The highest BCUT2D eigenvalue weighted by Crippen LogP contribution is 2.32. The molecule has 0 saturated carbocycles. The maximum absolute atomic E-state index is 11.9. The van der Waals surface area contributed by atoms with Crippen LogP contribution in [0.5, 0.6) is 0 Å². The molecule has 3 heteroatoms. The number of allylic oxidation sites excluding steroid dienone is 1. The lowest BCUT2D eigenvalue weighted by molar-refractivity contribution is -0.114. The van der Waals surface area contributed by atoms with Crippen molar-refractivity contribution in [2.75, 3.05) is 13.6 Å². The molecule has 1 aromatic carbocycles. The van der Waals surface area contributed by atoms with Crippen LogP contribution in [-0.2, 0) is 37.1 Å². The van der Waals surface area contributed by atoms with Gasteiger partial charge in [-0.2, -0.15) is 0 Å². The van der Waals surface area contributed by atoms with E-state index < -0.39 is 0 Å². The number of aryl methyl sites for hydroxylation is 1. The van der Waals surface area contributed by atoms with Crippen molar-refractivity contribution in [1.29, 1.82) is 0 Å². The third-order valence-corrected chi connectivity index (χ3v) is 5.27. The zero-order valence-corrected chi connectivity index (χ0v) is 14.3. The summed E-state index contributed by atoms with van der Waals surface area (Å²) in [5.41, 5.74) is 6.85. The van der Waals surface area contributed by atoms with Crippen LogP contribution < -0.4 is 0 Å². The van der Waals surface area contributed by atoms with Gasteiger partial charge in [0.15, 0.2) is 5.78 Å². The van der Waals surface area contributed by atoms with Crippen molar-refractivity contribution in [3.05, 3.63) is 64.5 Å². The molecule has 1 aromatic heterocycles. The Morgan fingerprint density at radius 2 is 1.92 bits per heavy atom. The second kappa shape index (κ2) is 6.40. The molecule has 0 fully saturated rings. The first-order chi connectivity index (χ1) is 11.7. The minimum atomic E-state index is 0.241. The normalized spacial score (nSPS) is 17.0. The zero-order chi connectivity index (χ0) is 16.5. The summed E-state index contributed by atoms with van der Waals surface area (Å²) in [4.78, 5) is 14.3. The molecule has 124 valence electrons. The highest BCUT2D eigenvalue weighted by Gasteiger charge is 2.27. The minimum absolute atomic E-state index is 0.241. The zero-order valence-electron chi connectivity index (χ0n) is 14.3. The van der Waals surface area contributed by atoms with Gasteiger partial charge in [-0.05, 0) is 55.2 Å². The molecule has 0 bridgehead atoms. The molecule has 1 aliphatic carbocycles. The third-order valence-electron chi connectivity index (χ3n) is 5.27. The van der Waals surface area contributed by atoms with Crippen LogP contribution in [0.25, 0.3) is 6.08 Å². The summed E-state index contributed by atoms with van der Waals surface area (Å²) in [5.74, 6) is 0.241. The van der Waals surface area contributed by atoms with Crippen LogP contribution in [0, 0.1) is 0 Å². The van der Waals surface area contributed by atoms with E-state index in [1.807, 2.05) is 6.08 Å². The number of nitrogens with zero attached hydrogens (tertiary/aromatic N) is 2. The maximum Gasteiger partial charge on any atom is 0.160 e. The molecule has 24 heavy (non-hydrogen) atoms. The number of carbonyl (C=O) groups excluding carboxylic acids is 1. The van der Waals surface area contributed by atoms with Gasteiger partial charge >= 0.3 is 0 Å². The first kappa shape index (κ1) is 15.4. The van der Waals surface area contributed by atoms with Crippen molar-refractivity contribution in [3.8, 4) is 0 Å². The fourth-order valence-corrected chi connectivity index (χ4v) is 4.05. The summed E-state index contributed by atoms with van der Waals surface area (Å²) in [6, 6.07) is 10.7. The highest BCUT2D eigenvalue weighted by atomic mass is 16.1. The lowest BCUT2D eigenvalue weighted by Gasteiger charge is -2.25. The van der Waals surface area contributed by atoms with Gasteiger partial charge in [-0.3, -0.25) is 4.79 Å². The van der Waals surface area contributed by atoms with Gasteiger partial charge in [0.25, 0.3) is 0 Å². The molecule has 0 N–H and O–H groups in total. The molecule has 0 radical (unpaired) electrons. The van der Waals surface area contributed by atoms with Gasteiger partial charge in [0.05, 0.1) is 0 Å². The van der Waals surface area contributed by atoms with E-state index in [1.54, 1.807) is 6.08 Å². The summed E-state index contributed by atoms with van der Waals surface area (Å²) < 4.78 is 2.48. The molecule has 2 aromatic rings. The Morgan fingerprint density at radius 3 is 2.75 bits per heavy atom. The Labute approximate surface area is 143 Å². The van der Waals surface area contributed by atoms with Crippen LogP contribution in [0.3, 0.4) is 0 Å². The van der Waals surface area contributed by atoms with Crippen LogP contribution >= 0.6 is 0 Å². The van der Waals surface area contributed by atoms with Crippen LogP contribution in [0.4, 0.5) is 0 Å². The van der Waals surface area contributed by atoms with Crippen molar-refractivity contribution in [2.24, 2.45) is 0 Å². The van der Waals surface area contributed by atoms with Crippen LogP contribution in [0.2, 0.25) is 0 Å². The number of benzene rings is 1. The summed E-state index contributed by atoms with van der Waals surface area (Å²) in [6.45, 7) is 3.11. The maximum atomic E-state index is 11.9. The quantitative estimate of drug-likeness (QED) is 0.864. The minimum Gasteiger partial charge on any atom is -0.343 e. The topological polar surface area (TPSA) is 25.2 Å². The number of hydrogen-bond donors (Lipinski definition) is 0. The number of carbonyl (C=O) groups is 1. The lowest BCUT2D eigenvalue weighted by atomic mass is 9.95. The van der Waals surface area contributed by atoms with E-state index in [4.69, 9.17) is 0 Å². The second-order valence-corrected chi connectivity index (χ2v) is 6.99. The van der Waals surface area contributed by atoms with Gasteiger partial charge in [0.1, 0.15) is 0 Å². The van der Waals surface area contributed by atoms with Gasteiger partial charge in [0.2, 0.25) is 0 Å². The molecule has 0 atom stereocenters. The Morgan fingerprint density at radius 1 is 1.08 bits per heavy atom. The smallest absolute Gasteiger partial charge is 0.160 e. The number of likely N-dealkylation sites (N-methyl/N-ethyl adjacent to an activating group) is 1. The summed E-state index contributed by atoms with van der Waals surface area (Å²) in [6.07, 6.45) is 7.68. The lowest BCUT2D eigenvalue weighted by Crippen LogP contribution is -2.28. The van der Waals surface area contributed by atoms with Crippen LogP contribution in [0.15, 0.2) is 36.4 Å². The van der Waals surface area contributed by atoms with E-state index in [0.717, 1.165) is 38.9 Å². The fourth-order valence-electron chi connectivity index (χ4n) is 4.05. The standard InChI is InChI=1S/C21H24N2O/c1-22-13-11-18-19-14-17(24)9-10-20(19)23(21(18)15-22)12-5-8-16-6-3-2-4-7-16/h2-4,6-7,9-10H,5,8,11-15H2,1H3. The first-order valence-corrected chi connectivity index (χ1v) is 8.89. The summed E-state index contributed by atoms with van der Waals surface area (Å²) in [5, 5.41) is 0. The van der Waals surface area contributed by atoms with Crippen LogP contribution in [0.1, 0.15) is 34.5 Å². The van der Waals surface area contributed by atoms with Crippen LogP contribution in [-0.4, -0.2) is 28.8 Å². The predicted molar refractivity (Wildman–Crippen MR) is 97.0 cm³/mol. The molecule has 0 amide bonds. The number of hydrogen-bond acceptors (Lipinski definition) is 2. The first-order valence-electron chi connectivity index (χ1n) is 8.89. The van der Waals surface area contributed by atoms with E-state index in [0.29, 0.717) is 6.42 Å². The predicted octanol–water partition coefficient (Wildman–Crippen LogP) is 3.25. The number of rotatable bonds is 4. The number of ketones is 1.